The van der Waals surface area contributed by atoms with Gasteiger partial charge in [0, 0.05) is 5.57 Å². The van der Waals surface area contributed by atoms with Crippen molar-refractivity contribution in [1.29, 1.82) is 0 Å². The minimum Gasteiger partial charge on any atom is -0.350 e. The molecular weight excluding hydrogens is 220 g/mol. The molecule has 0 saturated heterocycles. The number of benzene rings is 1. The molecule has 2 heterocycles. The number of H-pyrrole nitrogens is 1. The van der Waals surface area contributed by atoms with Gasteiger partial charge >= 0.3 is 0 Å². The van der Waals surface area contributed by atoms with E-state index in [-0.39, 0.29) is 0 Å². The van der Waals surface area contributed by atoms with Gasteiger partial charge in [-0.05, 0) is 24.3 Å². The van der Waals surface area contributed by atoms with Crippen molar-refractivity contribution in [2.75, 3.05) is 7.05 Å². The number of aromatic amines is 1. The van der Waals surface area contributed by atoms with Crippen LogP contribution in [0.25, 0.3) is 17.0 Å². The number of likely N-dealkylation sites (N-methyl/N-ethyl adjacent to an activating group) is 1. The molecule has 0 fully saturated rings. The highest BCUT2D eigenvalue weighted by Gasteiger charge is 2.31. The van der Waals surface area contributed by atoms with Gasteiger partial charge in [0.05, 0.1) is 18.0 Å². The minimum absolute atomic E-state index is 0.446. The summed E-state index contributed by atoms with van der Waals surface area (Å²) < 4.78 is 0. The van der Waals surface area contributed by atoms with Gasteiger partial charge in [-0.1, -0.05) is 30.4 Å². The van der Waals surface area contributed by atoms with Gasteiger partial charge in [0.25, 0.3) is 0 Å². The molecule has 2 N–H and O–H groups in total. The van der Waals surface area contributed by atoms with Crippen LogP contribution in [0, 0.1) is 0 Å². The van der Waals surface area contributed by atoms with Crippen LogP contribution in [0.4, 0.5) is 5.69 Å². The summed E-state index contributed by atoms with van der Waals surface area (Å²) in [6, 6.07) is 8.99. The molecular formula is C16H15N2+. The van der Waals surface area contributed by atoms with Crippen LogP contribution < -0.4 is 4.90 Å². The summed E-state index contributed by atoms with van der Waals surface area (Å²) in [7, 11) is 2.25. The van der Waals surface area contributed by atoms with E-state index in [1.54, 1.807) is 0 Å². The van der Waals surface area contributed by atoms with Crippen LogP contribution in [0.3, 0.4) is 0 Å². The van der Waals surface area contributed by atoms with Crippen LogP contribution >= 0.6 is 0 Å². The molecule has 1 aliphatic heterocycles. The Balaban J connectivity index is 2.03. The van der Waals surface area contributed by atoms with E-state index in [2.05, 4.69) is 66.7 Å². The SMILES string of the molecule is C[NH+]1c2c([nH]c3ccccc23)C=C2C=CC=CC21. The molecule has 0 radical (unpaired) electrons. The molecule has 0 bridgehead atoms. The number of fused-ring (bicyclic) bond motifs is 4. The number of nitrogens with one attached hydrogen (secondary N) is 2. The van der Waals surface area contributed by atoms with Gasteiger partial charge in [0.15, 0.2) is 5.69 Å². The van der Waals surface area contributed by atoms with Crippen LogP contribution in [-0.4, -0.2) is 18.1 Å². The molecule has 0 amide bonds. The standard InChI is InChI=1S/C16H14N2/c1-18-15-9-5-2-6-11(15)10-14-16(18)12-7-3-4-8-13(12)17-14/h2-10,15,17H,1H3/p+1. The van der Waals surface area contributed by atoms with E-state index in [0.717, 1.165) is 0 Å². The molecule has 0 saturated carbocycles. The lowest BCUT2D eigenvalue weighted by Crippen LogP contribution is -3.08. The van der Waals surface area contributed by atoms with E-state index in [1.807, 2.05) is 0 Å². The van der Waals surface area contributed by atoms with Crippen LogP contribution in [-0.2, 0) is 0 Å². The first-order valence-electron chi connectivity index (χ1n) is 6.35. The molecule has 2 unspecified atom stereocenters. The Bertz CT molecular complexity index is 716. The van der Waals surface area contributed by atoms with Crippen molar-refractivity contribution in [3.63, 3.8) is 0 Å². The predicted octanol–water partition coefficient (Wildman–Crippen LogP) is 2.21. The Morgan fingerprint density at radius 2 is 2.06 bits per heavy atom. The second-order valence-corrected chi connectivity index (χ2v) is 5.01. The molecule has 1 aromatic carbocycles. The van der Waals surface area contributed by atoms with Crippen LogP contribution in [0.1, 0.15) is 5.69 Å². The van der Waals surface area contributed by atoms with E-state index < -0.39 is 0 Å². The highest BCUT2D eigenvalue weighted by Crippen LogP contribution is 2.30. The second kappa shape index (κ2) is 3.47. The van der Waals surface area contributed by atoms with E-state index >= 15 is 0 Å². The first-order valence-corrected chi connectivity index (χ1v) is 6.35. The van der Waals surface area contributed by atoms with Crippen LogP contribution in [0.5, 0.6) is 0 Å². The molecule has 18 heavy (non-hydrogen) atoms. The van der Waals surface area contributed by atoms with Crippen molar-refractivity contribution in [3.05, 3.63) is 59.8 Å². The zero-order chi connectivity index (χ0) is 12.1. The highest BCUT2D eigenvalue weighted by molar-refractivity contribution is 5.94. The largest absolute Gasteiger partial charge is 0.350 e. The lowest BCUT2D eigenvalue weighted by molar-refractivity contribution is -0.824. The second-order valence-electron chi connectivity index (χ2n) is 5.01. The lowest BCUT2D eigenvalue weighted by atomic mass is 9.95. The zero-order valence-electron chi connectivity index (χ0n) is 10.3. The zero-order valence-corrected chi connectivity index (χ0v) is 10.3. The summed E-state index contributed by atoms with van der Waals surface area (Å²) in [6.45, 7) is 0. The summed E-state index contributed by atoms with van der Waals surface area (Å²) >= 11 is 0. The quantitative estimate of drug-likeness (QED) is 0.698. The van der Waals surface area contributed by atoms with Gasteiger partial charge in [0.1, 0.15) is 11.7 Å². The summed E-state index contributed by atoms with van der Waals surface area (Å²) in [5.41, 5.74) is 5.25. The Labute approximate surface area is 106 Å². The maximum atomic E-state index is 3.52. The maximum absolute atomic E-state index is 3.52. The van der Waals surface area contributed by atoms with Crippen molar-refractivity contribution in [1.82, 2.24) is 4.98 Å². The number of para-hydroxylation sites is 1. The average Bonchev–Trinajstić information content (AvgIpc) is 2.77. The summed E-state index contributed by atoms with van der Waals surface area (Å²) in [6.07, 6.45) is 11.0. The van der Waals surface area contributed by atoms with Crippen LogP contribution in [0.2, 0.25) is 0 Å². The van der Waals surface area contributed by atoms with E-state index in [9.17, 15) is 0 Å². The molecule has 2 atom stereocenters. The lowest BCUT2D eigenvalue weighted by Gasteiger charge is -2.28. The number of hydrogen-bond donors (Lipinski definition) is 2. The Morgan fingerprint density at radius 3 is 3.00 bits per heavy atom. The molecule has 4 rings (SSSR count). The molecule has 1 aliphatic carbocycles. The van der Waals surface area contributed by atoms with E-state index in [1.165, 1.54) is 32.8 Å². The molecule has 2 aromatic rings. The fourth-order valence-corrected chi connectivity index (χ4v) is 3.11. The molecule has 2 aliphatic rings. The van der Waals surface area contributed by atoms with Crippen molar-refractivity contribution in [2.24, 2.45) is 0 Å². The summed E-state index contributed by atoms with van der Waals surface area (Å²) in [5.74, 6) is 0. The topological polar surface area (TPSA) is 20.2 Å². The van der Waals surface area contributed by atoms with Gasteiger partial charge in [-0.15, -0.1) is 0 Å². The van der Waals surface area contributed by atoms with E-state index in [0.29, 0.717) is 6.04 Å². The number of allylic oxidation sites excluding steroid dienone is 2. The van der Waals surface area contributed by atoms with E-state index in [4.69, 9.17) is 0 Å². The summed E-state index contributed by atoms with van der Waals surface area (Å²) in [4.78, 5) is 4.97. The van der Waals surface area contributed by atoms with Crippen LogP contribution in [0.15, 0.2) is 54.1 Å². The minimum atomic E-state index is 0.446. The predicted molar refractivity (Wildman–Crippen MR) is 74.9 cm³/mol. The van der Waals surface area contributed by atoms with Gasteiger partial charge in [-0.3, -0.25) is 4.90 Å². The third kappa shape index (κ3) is 1.21. The highest BCUT2D eigenvalue weighted by atomic mass is 15.2. The first kappa shape index (κ1) is 9.92. The monoisotopic (exact) mass is 235 g/mol. The van der Waals surface area contributed by atoms with Gasteiger partial charge in [-0.25, -0.2) is 0 Å². The van der Waals surface area contributed by atoms with Gasteiger partial charge in [-0.2, -0.15) is 0 Å². The number of hydrogen-bond acceptors (Lipinski definition) is 0. The third-order valence-corrected chi connectivity index (χ3v) is 3.97. The Hall–Kier alpha value is -2.06. The molecule has 2 nitrogen and oxygen atoms in total. The van der Waals surface area contributed by atoms with Crippen molar-refractivity contribution in [3.8, 4) is 0 Å². The maximum Gasteiger partial charge on any atom is 0.164 e. The Morgan fingerprint density at radius 1 is 1.17 bits per heavy atom. The summed E-state index contributed by atoms with van der Waals surface area (Å²) in [5, 5.41) is 1.34. The molecule has 1 aromatic heterocycles. The van der Waals surface area contributed by atoms with Crippen molar-refractivity contribution in [2.45, 2.75) is 6.04 Å². The average molecular weight is 235 g/mol. The molecule has 2 heteroatoms. The van der Waals surface area contributed by atoms with Gasteiger partial charge in [0.2, 0.25) is 0 Å². The fourth-order valence-electron chi connectivity index (χ4n) is 3.11. The smallest absolute Gasteiger partial charge is 0.164 e. The third-order valence-electron chi connectivity index (χ3n) is 3.97. The number of rotatable bonds is 0. The number of aromatic nitrogens is 1. The molecule has 88 valence electrons. The normalized spacial score (nSPS) is 24.8. The van der Waals surface area contributed by atoms with Gasteiger partial charge < -0.3 is 4.98 Å². The molecule has 0 spiro atoms. The fraction of sp³-hybridized carbons (Fsp3) is 0.125. The van der Waals surface area contributed by atoms with Crippen molar-refractivity contribution >= 4 is 22.7 Å². The Kier molecular flexibility index (Phi) is 1.91. The first-order chi connectivity index (χ1) is 8.84. The number of quaternary nitrogens is 1. The van der Waals surface area contributed by atoms with Crippen molar-refractivity contribution < 1.29 is 4.90 Å².